The number of morpholine rings is 1. The lowest BCUT2D eigenvalue weighted by atomic mass is 10.1. The number of ether oxygens (including phenoxy) is 3. The Morgan fingerprint density at radius 2 is 2.00 bits per heavy atom. The van der Waals surface area contributed by atoms with Crippen LogP contribution in [0.3, 0.4) is 0 Å². The Morgan fingerprint density at radius 1 is 1.20 bits per heavy atom. The fourth-order valence-electron chi connectivity index (χ4n) is 3.83. The van der Waals surface area contributed by atoms with Crippen LogP contribution < -0.4 is 10.1 Å². The standard InChI is InChI=1S/C21H29N5O3.HI/c1-22-21(25-11-13-29-20(15-25)19-4-3-12-28-19)23-14-16-9-10-26(24-16)17-5-7-18(27-2)8-6-17;/h5-10,19-20H,3-4,11-15H2,1-2H3,(H,22,23);1H. The molecule has 2 aliphatic heterocycles. The second-order valence-electron chi connectivity index (χ2n) is 7.26. The van der Waals surface area contributed by atoms with Crippen molar-refractivity contribution in [1.29, 1.82) is 0 Å². The van der Waals surface area contributed by atoms with Gasteiger partial charge in [0.2, 0.25) is 0 Å². The number of nitrogens with one attached hydrogen (secondary N) is 1. The zero-order valence-electron chi connectivity index (χ0n) is 17.5. The zero-order valence-corrected chi connectivity index (χ0v) is 19.8. The van der Waals surface area contributed by atoms with Gasteiger partial charge in [-0.2, -0.15) is 5.10 Å². The first-order valence-corrected chi connectivity index (χ1v) is 10.1. The third-order valence-electron chi connectivity index (χ3n) is 5.39. The number of aliphatic imine (C=N–C) groups is 1. The molecule has 0 radical (unpaired) electrons. The molecule has 2 aromatic rings. The van der Waals surface area contributed by atoms with E-state index in [1.807, 2.05) is 48.3 Å². The number of nitrogens with zero attached hydrogens (tertiary/aromatic N) is 4. The molecule has 0 aliphatic carbocycles. The van der Waals surface area contributed by atoms with Crippen LogP contribution in [0.1, 0.15) is 18.5 Å². The van der Waals surface area contributed by atoms with Crippen molar-refractivity contribution in [3.63, 3.8) is 0 Å². The smallest absolute Gasteiger partial charge is 0.194 e. The van der Waals surface area contributed by atoms with Crippen LogP contribution in [-0.4, -0.2) is 73.3 Å². The predicted molar refractivity (Wildman–Crippen MR) is 126 cm³/mol. The third-order valence-corrected chi connectivity index (χ3v) is 5.39. The summed E-state index contributed by atoms with van der Waals surface area (Å²) in [6, 6.07) is 9.85. The summed E-state index contributed by atoms with van der Waals surface area (Å²) in [5.41, 5.74) is 1.94. The highest BCUT2D eigenvalue weighted by Gasteiger charge is 2.32. The van der Waals surface area contributed by atoms with Gasteiger partial charge in [-0.15, -0.1) is 24.0 Å². The fourth-order valence-corrected chi connectivity index (χ4v) is 3.83. The fraction of sp³-hybridized carbons (Fsp3) is 0.524. The second kappa shape index (κ2) is 11.0. The first-order valence-electron chi connectivity index (χ1n) is 10.1. The Bertz CT molecular complexity index is 820. The lowest BCUT2D eigenvalue weighted by Crippen LogP contribution is -2.53. The summed E-state index contributed by atoms with van der Waals surface area (Å²) in [4.78, 5) is 6.70. The number of methoxy groups -OCH3 is 1. The molecule has 2 fully saturated rings. The minimum absolute atomic E-state index is 0. The Labute approximate surface area is 194 Å². The highest BCUT2D eigenvalue weighted by Crippen LogP contribution is 2.21. The maximum absolute atomic E-state index is 5.94. The Morgan fingerprint density at radius 3 is 2.70 bits per heavy atom. The molecule has 3 heterocycles. The molecule has 2 unspecified atom stereocenters. The maximum Gasteiger partial charge on any atom is 0.194 e. The van der Waals surface area contributed by atoms with E-state index < -0.39 is 0 Å². The van der Waals surface area contributed by atoms with Crippen molar-refractivity contribution < 1.29 is 14.2 Å². The van der Waals surface area contributed by atoms with Crippen molar-refractivity contribution in [3.05, 3.63) is 42.2 Å². The van der Waals surface area contributed by atoms with Gasteiger partial charge in [0, 0.05) is 32.9 Å². The quantitative estimate of drug-likeness (QED) is 0.366. The molecule has 9 heteroatoms. The number of rotatable bonds is 5. The normalized spacial score (nSPS) is 21.9. The summed E-state index contributed by atoms with van der Waals surface area (Å²) < 4.78 is 18.8. The number of hydrogen-bond acceptors (Lipinski definition) is 5. The number of benzene rings is 1. The van der Waals surface area contributed by atoms with E-state index in [4.69, 9.17) is 14.2 Å². The van der Waals surface area contributed by atoms with Gasteiger partial charge < -0.3 is 24.4 Å². The molecule has 2 atom stereocenters. The van der Waals surface area contributed by atoms with E-state index in [1.54, 1.807) is 7.11 Å². The van der Waals surface area contributed by atoms with Crippen LogP contribution >= 0.6 is 24.0 Å². The van der Waals surface area contributed by atoms with Crippen LogP contribution in [-0.2, 0) is 16.0 Å². The van der Waals surface area contributed by atoms with E-state index in [1.165, 1.54) is 0 Å². The van der Waals surface area contributed by atoms with Crippen LogP contribution in [0.15, 0.2) is 41.5 Å². The van der Waals surface area contributed by atoms with Crippen LogP contribution in [0.2, 0.25) is 0 Å². The van der Waals surface area contributed by atoms with Crippen molar-refractivity contribution in [2.24, 2.45) is 4.99 Å². The van der Waals surface area contributed by atoms with E-state index in [9.17, 15) is 0 Å². The number of guanidine groups is 1. The molecule has 1 aromatic carbocycles. The summed E-state index contributed by atoms with van der Waals surface area (Å²) in [7, 11) is 3.48. The molecular formula is C21H30IN5O3. The highest BCUT2D eigenvalue weighted by molar-refractivity contribution is 14.0. The Hall–Kier alpha value is -1.85. The van der Waals surface area contributed by atoms with Crippen LogP contribution in [0.25, 0.3) is 5.69 Å². The SMILES string of the molecule is CN=C(NCc1ccn(-c2ccc(OC)cc2)n1)N1CCOC(C2CCCO2)C1.I. The first-order chi connectivity index (χ1) is 14.3. The van der Waals surface area contributed by atoms with Crippen molar-refractivity contribution in [3.8, 4) is 11.4 Å². The topological polar surface area (TPSA) is 73.1 Å². The molecule has 8 nitrogen and oxygen atoms in total. The highest BCUT2D eigenvalue weighted by atomic mass is 127. The van der Waals surface area contributed by atoms with Gasteiger partial charge in [0.15, 0.2) is 5.96 Å². The van der Waals surface area contributed by atoms with E-state index >= 15 is 0 Å². The molecule has 4 rings (SSSR count). The Kier molecular flexibility index (Phi) is 8.34. The summed E-state index contributed by atoms with van der Waals surface area (Å²) >= 11 is 0. The summed E-state index contributed by atoms with van der Waals surface area (Å²) in [5.74, 6) is 1.70. The van der Waals surface area contributed by atoms with E-state index in [-0.39, 0.29) is 36.2 Å². The molecule has 1 N–H and O–H groups in total. The molecule has 0 bridgehead atoms. The molecular weight excluding hydrogens is 497 g/mol. The molecule has 0 saturated carbocycles. The molecule has 1 aromatic heterocycles. The monoisotopic (exact) mass is 527 g/mol. The molecule has 164 valence electrons. The van der Waals surface area contributed by atoms with Gasteiger partial charge in [-0.05, 0) is 43.2 Å². The van der Waals surface area contributed by atoms with E-state index in [0.717, 1.165) is 55.6 Å². The first kappa shape index (κ1) is 22.8. The lowest BCUT2D eigenvalue weighted by molar-refractivity contribution is -0.0817. The van der Waals surface area contributed by atoms with E-state index in [2.05, 4.69) is 20.3 Å². The molecule has 0 amide bonds. The zero-order chi connectivity index (χ0) is 20.1. The third kappa shape index (κ3) is 5.44. The maximum atomic E-state index is 5.94. The van der Waals surface area contributed by atoms with Crippen molar-refractivity contribution in [1.82, 2.24) is 20.0 Å². The van der Waals surface area contributed by atoms with Gasteiger partial charge in [0.05, 0.1) is 37.7 Å². The van der Waals surface area contributed by atoms with Gasteiger partial charge >= 0.3 is 0 Å². The largest absolute Gasteiger partial charge is 0.497 e. The number of aromatic nitrogens is 2. The average molecular weight is 527 g/mol. The average Bonchev–Trinajstić information content (AvgIpc) is 3.47. The predicted octanol–water partition coefficient (Wildman–Crippen LogP) is 2.45. The minimum Gasteiger partial charge on any atom is -0.497 e. The Balaban J connectivity index is 0.00000256. The van der Waals surface area contributed by atoms with E-state index in [0.29, 0.717) is 13.2 Å². The number of hydrogen-bond donors (Lipinski definition) is 1. The lowest BCUT2D eigenvalue weighted by Gasteiger charge is -2.37. The molecule has 0 spiro atoms. The number of halogens is 1. The second-order valence-corrected chi connectivity index (χ2v) is 7.26. The molecule has 2 saturated heterocycles. The van der Waals surface area contributed by atoms with Gasteiger partial charge in [-0.3, -0.25) is 4.99 Å². The molecule has 30 heavy (non-hydrogen) atoms. The summed E-state index contributed by atoms with van der Waals surface area (Å²) in [5, 5.41) is 8.09. The van der Waals surface area contributed by atoms with Crippen LogP contribution in [0.4, 0.5) is 0 Å². The van der Waals surface area contributed by atoms with Crippen molar-refractivity contribution in [2.75, 3.05) is 40.5 Å². The summed E-state index contributed by atoms with van der Waals surface area (Å²) in [6.07, 6.45) is 4.47. The van der Waals surface area contributed by atoms with Crippen LogP contribution in [0.5, 0.6) is 5.75 Å². The van der Waals surface area contributed by atoms with Crippen molar-refractivity contribution in [2.45, 2.75) is 31.6 Å². The minimum atomic E-state index is 0. The molecule has 2 aliphatic rings. The van der Waals surface area contributed by atoms with Crippen molar-refractivity contribution >= 4 is 29.9 Å². The van der Waals surface area contributed by atoms with Gasteiger partial charge in [0.1, 0.15) is 11.9 Å². The van der Waals surface area contributed by atoms with Gasteiger partial charge in [-0.1, -0.05) is 0 Å². The van der Waals surface area contributed by atoms with Gasteiger partial charge in [0.25, 0.3) is 0 Å². The van der Waals surface area contributed by atoms with Gasteiger partial charge in [-0.25, -0.2) is 4.68 Å². The van der Waals surface area contributed by atoms with Crippen LogP contribution in [0, 0.1) is 0 Å². The summed E-state index contributed by atoms with van der Waals surface area (Å²) in [6.45, 7) is 3.76.